The Hall–Kier alpha value is -0.910. The minimum Gasteiger partial charge on any atom is -0.492 e. The van der Waals surface area contributed by atoms with Gasteiger partial charge < -0.3 is 10.1 Å². The van der Waals surface area contributed by atoms with E-state index in [9.17, 15) is 0 Å². The maximum Gasteiger partial charge on any atom is 0.137 e. The maximum absolute atomic E-state index is 5.55. The van der Waals surface area contributed by atoms with Gasteiger partial charge in [0.15, 0.2) is 0 Å². The second kappa shape index (κ2) is 7.76. The van der Waals surface area contributed by atoms with Crippen molar-refractivity contribution in [1.82, 2.24) is 10.3 Å². The highest BCUT2D eigenvalue weighted by Gasteiger charge is 2.16. The largest absolute Gasteiger partial charge is 0.492 e. The Morgan fingerprint density at radius 2 is 2.20 bits per heavy atom. The van der Waals surface area contributed by atoms with E-state index in [0.29, 0.717) is 6.61 Å². The molecule has 0 amide bonds. The minimum absolute atomic E-state index is 0.166. The molecule has 3 nitrogen and oxygen atoms in total. The summed E-state index contributed by atoms with van der Waals surface area (Å²) in [5.74, 6) is 0.823. The van der Waals surface area contributed by atoms with Crippen LogP contribution in [-0.2, 0) is 0 Å². The molecule has 0 aliphatic heterocycles. The van der Waals surface area contributed by atoms with Crippen LogP contribution in [0, 0.1) is 0 Å². The van der Waals surface area contributed by atoms with Gasteiger partial charge in [0.1, 0.15) is 5.75 Å². The third kappa shape index (κ3) is 4.04. The lowest BCUT2D eigenvalue weighted by Gasteiger charge is -2.18. The van der Waals surface area contributed by atoms with Gasteiger partial charge in [0.25, 0.3) is 0 Å². The average Bonchev–Trinajstić information content (AvgIpc) is 2.87. The fourth-order valence-electron chi connectivity index (χ4n) is 1.99. The number of pyridine rings is 1. The standard InChI is InChI=1S/C15H19BrN2OS/c1-3-7-18-15(13-5-6-14(16)20-13)11-8-12(19-4-2)10-17-9-11/h5-6,8-10,15,18H,3-4,7H2,1-2H3. The molecule has 0 radical (unpaired) electrons. The Morgan fingerprint density at radius 1 is 1.35 bits per heavy atom. The Balaban J connectivity index is 2.28. The maximum atomic E-state index is 5.55. The smallest absolute Gasteiger partial charge is 0.137 e. The fourth-order valence-corrected chi connectivity index (χ4v) is 3.52. The summed E-state index contributed by atoms with van der Waals surface area (Å²) in [6, 6.07) is 6.46. The molecule has 5 heteroatoms. The first-order valence-electron chi connectivity index (χ1n) is 6.81. The van der Waals surface area contributed by atoms with Crippen molar-refractivity contribution in [3.63, 3.8) is 0 Å². The van der Waals surface area contributed by atoms with Crippen LogP contribution in [0.15, 0.2) is 34.4 Å². The van der Waals surface area contributed by atoms with Crippen LogP contribution in [0.1, 0.15) is 36.8 Å². The highest BCUT2D eigenvalue weighted by molar-refractivity contribution is 9.11. The number of nitrogens with one attached hydrogen (secondary N) is 1. The number of hydrogen-bond acceptors (Lipinski definition) is 4. The van der Waals surface area contributed by atoms with Crippen LogP contribution >= 0.6 is 27.3 Å². The minimum atomic E-state index is 0.166. The second-order valence-electron chi connectivity index (χ2n) is 4.42. The Labute approximate surface area is 132 Å². The van der Waals surface area contributed by atoms with E-state index in [-0.39, 0.29) is 6.04 Å². The van der Waals surface area contributed by atoms with E-state index in [1.54, 1.807) is 17.5 Å². The van der Waals surface area contributed by atoms with Gasteiger partial charge in [0, 0.05) is 11.1 Å². The summed E-state index contributed by atoms with van der Waals surface area (Å²) in [6.45, 7) is 5.78. The topological polar surface area (TPSA) is 34.2 Å². The van der Waals surface area contributed by atoms with Gasteiger partial charge in [-0.3, -0.25) is 4.98 Å². The molecule has 1 unspecified atom stereocenters. The quantitative estimate of drug-likeness (QED) is 0.800. The third-order valence-electron chi connectivity index (χ3n) is 2.86. The highest BCUT2D eigenvalue weighted by atomic mass is 79.9. The zero-order valence-electron chi connectivity index (χ0n) is 11.7. The van der Waals surface area contributed by atoms with Crippen molar-refractivity contribution in [3.05, 3.63) is 44.8 Å². The summed E-state index contributed by atoms with van der Waals surface area (Å²) in [5, 5.41) is 3.58. The summed E-state index contributed by atoms with van der Waals surface area (Å²) in [6.07, 6.45) is 4.76. The summed E-state index contributed by atoms with van der Waals surface area (Å²) < 4.78 is 6.69. The first kappa shape index (κ1) is 15.5. The van der Waals surface area contributed by atoms with Crippen LogP contribution in [0.5, 0.6) is 5.75 Å². The summed E-state index contributed by atoms with van der Waals surface area (Å²) in [7, 11) is 0. The SMILES string of the molecule is CCCNC(c1cncc(OCC)c1)c1ccc(Br)s1. The van der Waals surface area contributed by atoms with Crippen LogP contribution in [-0.4, -0.2) is 18.1 Å². The lowest BCUT2D eigenvalue weighted by molar-refractivity contribution is 0.338. The summed E-state index contributed by atoms with van der Waals surface area (Å²) in [4.78, 5) is 5.57. The van der Waals surface area contributed by atoms with Gasteiger partial charge >= 0.3 is 0 Å². The van der Waals surface area contributed by atoms with Crippen molar-refractivity contribution in [3.8, 4) is 5.75 Å². The van der Waals surface area contributed by atoms with Crippen molar-refractivity contribution in [2.75, 3.05) is 13.2 Å². The second-order valence-corrected chi connectivity index (χ2v) is 6.91. The van der Waals surface area contributed by atoms with Crippen LogP contribution in [0.25, 0.3) is 0 Å². The van der Waals surface area contributed by atoms with Crippen molar-refractivity contribution in [2.24, 2.45) is 0 Å². The fraction of sp³-hybridized carbons (Fsp3) is 0.400. The number of nitrogens with zero attached hydrogens (tertiary/aromatic N) is 1. The molecule has 0 spiro atoms. The lowest BCUT2D eigenvalue weighted by Crippen LogP contribution is -2.22. The molecule has 0 aromatic carbocycles. The number of halogens is 1. The lowest BCUT2D eigenvalue weighted by atomic mass is 10.1. The van der Waals surface area contributed by atoms with Crippen LogP contribution in [0.4, 0.5) is 0 Å². The van der Waals surface area contributed by atoms with Gasteiger partial charge in [-0.15, -0.1) is 11.3 Å². The monoisotopic (exact) mass is 354 g/mol. The zero-order chi connectivity index (χ0) is 14.4. The van der Waals surface area contributed by atoms with Crippen molar-refractivity contribution < 1.29 is 4.74 Å². The number of hydrogen-bond donors (Lipinski definition) is 1. The van der Waals surface area contributed by atoms with Gasteiger partial charge in [-0.2, -0.15) is 0 Å². The number of thiophene rings is 1. The molecule has 108 valence electrons. The van der Waals surface area contributed by atoms with E-state index < -0.39 is 0 Å². The van der Waals surface area contributed by atoms with Crippen molar-refractivity contribution in [2.45, 2.75) is 26.3 Å². The molecule has 2 heterocycles. The molecule has 0 bridgehead atoms. The molecule has 2 aromatic rings. The number of rotatable bonds is 7. The Kier molecular flexibility index (Phi) is 6.01. The molecular formula is C15H19BrN2OS. The molecule has 2 aromatic heterocycles. The molecule has 0 saturated carbocycles. The van der Waals surface area contributed by atoms with Gasteiger partial charge in [0.2, 0.25) is 0 Å². The third-order valence-corrected chi connectivity index (χ3v) is 4.54. The van der Waals surface area contributed by atoms with Crippen molar-refractivity contribution in [1.29, 1.82) is 0 Å². The molecule has 0 aliphatic rings. The summed E-state index contributed by atoms with van der Waals surface area (Å²) >= 11 is 5.28. The molecule has 0 saturated heterocycles. The van der Waals surface area contributed by atoms with E-state index >= 15 is 0 Å². The normalized spacial score (nSPS) is 12.3. The summed E-state index contributed by atoms with van der Waals surface area (Å²) in [5.41, 5.74) is 1.14. The van der Waals surface area contributed by atoms with Crippen molar-refractivity contribution >= 4 is 27.3 Å². The first-order chi connectivity index (χ1) is 9.74. The Bertz CT molecular complexity index is 544. The van der Waals surface area contributed by atoms with Gasteiger partial charge in [-0.05, 0) is 59.6 Å². The van der Waals surface area contributed by atoms with Gasteiger partial charge in [0.05, 0.1) is 22.6 Å². The van der Waals surface area contributed by atoms with Crippen LogP contribution in [0.3, 0.4) is 0 Å². The zero-order valence-corrected chi connectivity index (χ0v) is 14.1. The van der Waals surface area contributed by atoms with E-state index in [1.165, 1.54) is 4.88 Å². The van der Waals surface area contributed by atoms with E-state index in [2.05, 4.69) is 51.4 Å². The molecule has 2 rings (SSSR count). The predicted molar refractivity (Wildman–Crippen MR) is 87.6 cm³/mol. The Morgan fingerprint density at radius 3 is 2.85 bits per heavy atom. The van der Waals surface area contributed by atoms with E-state index in [0.717, 1.165) is 28.1 Å². The highest BCUT2D eigenvalue weighted by Crippen LogP contribution is 2.32. The molecule has 0 fully saturated rings. The number of aromatic nitrogens is 1. The predicted octanol–water partition coefficient (Wildman–Crippen LogP) is 4.39. The molecular weight excluding hydrogens is 336 g/mol. The van der Waals surface area contributed by atoms with Crippen LogP contribution in [0.2, 0.25) is 0 Å². The first-order valence-corrected chi connectivity index (χ1v) is 8.42. The van der Waals surface area contributed by atoms with E-state index in [4.69, 9.17) is 4.74 Å². The molecule has 1 atom stereocenters. The molecule has 1 N–H and O–H groups in total. The van der Waals surface area contributed by atoms with Crippen LogP contribution < -0.4 is 10.1 Å². The molecule has 20 heavy (non-hydrogen) atoms. The number of ether oxygens (including phenoxy) is 1. The molecule has 0 aliphatic carbocycles. The van der Waals surface area contributed by atoms with Gasteiger partial charge in [-0.25, -0.2) is 0 Å². The van der Waals surface area contributed by atoms with Gasteiger partial charge in [-0.1, -0.05) is 6.92 Å². The van der Waals surface area contributed by atoms with E-state index in [1.807, 2.05) is 13.1 Å². The average molecular weight is 355 g/mol.